The number of hydrogen-bond donors (Lipinski definition) is 6. The van der Waals surface area contributed by atoms with Gasteiger partial charge in [0.25, 0.3) is 5.91 Å². The summed E-state index contributed by atoms with van der Waals surface area (Å²) in [6.45, 7) is -1.31. The fraction of sp³-hybridized carbons (Fsp3) is 0.571. The number of ether oxygens (including phenoxy) is 2. The van der Waals surface area contributed by atoms with Crippen LogP contribution in [0.3, 0.4) is 0 Å². The van der Waals surface area contributed by atoms with Gasteiger partial charge in [0.2, 0.25) is 5.83 Å². The fourth-order valence-electron chi connectivity index (χ4n) is 4.01. The number of halogens is 6. The minimum Gasteiger partial charge on any atom is -0.393 e. The maximum absolute atomic E-state index is 14.0. The first kappa shape index (κ1) is 31.3. The van der Waals surface area contributed by atoms with Gasteiger partial charge in [-0.05, 0) is 0 Å². The smallest absolute Gasteiger partial charge is 0.351 e. The van der Waals surface area contributed by atoms with Crippen LogP contribution in [0.15, 0.2) is 35.4 Å². The highest BCUT2D eigenvalue weighted by molar-refractivity contribution is 5.93. The minimum absolute atomic E-state index is 0.191. The third kappa shape index (κ3) is 5.27. The predicted molar refractivity (Wildman–Crippen MR) is 120 cm³/mol. The first-order chi connectivity index (χ1) is 18.7. The number of nitrogens with two attached hydrogens (primary N) is 1. The van der Waals surface area contributed by atoms with E-state index in [-0.39, 0.29) is 5.82 Å². The van der Waals surface area contributed by atoms with Gasteiger partial charge in [0.05, 0.1) is 19.4 Å². The van der Waals surface area contributed by atoms with E-state index in [1.807, 2.05) is 5.32 Å². The molecular weight excluding hydrogens is 564 g/mol. The van der Waals surface area contributed by atoms with Crippen LogP contribution in [0.5, 0.6) is 0 Å². The molecule has 0 aromatic carbocycles. The lowest BCUT2D eigenvalue weighted by Gasteiger charge is -2.33. The number of aliphatic hydroxyl groups excluding tert-OH is 4. The molecule has 2 fully saturated rings. The quantitative estimate of drug-likeness (QED) is 0.208. The molecule has 13 nitrogen and oxygen atoms in total. The van der Waals surface area contributed by atoms with Crippen molar-refractivity contribution in [3.8, 4) is 0 Å². The molecule has 2 saturated heterocycles. The molecule has 3 aliphatic rings. The van der Waals surface area contributed by atoms with Gasteiger partial charge in [-0.15, -0.1) is 0 Å². The average Bonchev–Trinajstić information content (AvgIpc) is 3.34. The third-order valence-electron chi connectivity index (χ3n) is 6.45. The summed E-state index contributed by atoms with van der Waals surface area (Å²) in [4.78, 5) is 26.5. The van der Waals surface area contributed by atoms with Crippen LogP contribution in [0.25, 0.3) is 0 Å². The molecule has 0 aliphatic carbocycles. The van der Waals surface area contributed by atoms with E-state index >= 15 is 0 Å². The second-order valence-corrected chi connectivity index (χ2v) is 8.96. The summed E-state index contributed by atoms with van der Waals surface area (Å²) < 4.78 is 90.7. The van der Waals surface area contributed by atoms with E-state index in [4.69, 9.17) is 25.4 Å². The molecule has 1 aromatic heterocycles. The first-order valence-corrected chi connectivity index (χ1v) is 11.3. The summed E-state index contributed by atoms with van der Waals surface area (Å²) in [6, 6.07) is 0. The van der Waals surface area contributed by atoms with Crippen molar-refractivity contribution < 1.29 is 61.0 Å². The van der Waals surface area contributed by atoms with Gasteiger partial charge in [-0.25, -0.2) is 26.7 Å². The Hall–Kier alpha value is -3.23. The van der Waals surface area contributed by atoms with Gasteiger partial charge in [-0.3, -0.25) is 9.36 Å². The molecule has 4 heterocycles. The van der Waals surface area contributed by atoms with Gasteiger partial charge in [0.1, 0.15) is 31.4 Å². The van der Waals surface area contributed by atoms with Crippen LogP contribution in [0, 0.1) is 5.82 Å². The Morgan fingerprint density at radius 3 is 2.00 bits per heavy atom. The lowest BCUT2D eigenvalue weighted by atomic mass is 9.98. The van der Waals surface area contributed by atoms with Crippen LogP contribution >= 0.6 is 0 Å². The van der Waals surface area contributed by atoms with Crippen LogP contribution < -0.4 is 16.7 Å². The molecule has 0 radical (unpaired) electrons. The molecule has 0 unspecified atom stereocenters. The van der Waals surface area contributed by atoms with Crippen molar-refractivity contribution in [3.05, 3.63) is 46.9 Å². The van der Waals surface area contributed by atoms with Crippen molar-refractivity contribution in [1.82, 2.24) is 19.8 Å². The molecule has 40 heavy (non-hydrogen) atoms. The van der Waals surface area contributed by atoms with Crippen LogP contribution in [0.4, 0.5) is 32.2 Å². The zero-order chi connectivity index (χ0) is 30.2. The van der Waals surface area contributed by atoms with E-state index in [0.717, 1.165) is 4.90 Å². The summed E-state index contributed by atoms with van der Waals surface area (Å²) in [7, 11) is 0. The van der Waals surface area contributed by atoms with Gasteiger partial charge in [-0.2, -0.15) is 9.37 Å². The van der Waals surface area contributed by atoms with Crippen LogP contribution in [-0.2, 0) is 14.3 Å². The highest BCUT2D eigenvalue weighted by atomic mass is 19.2. The third-order valence-corrected chi connectivity index (χ3v) is 6.45. The number of alkyl halides is 4. The number of nitrogens with one attached hydrogen (secondary N) is 1. The number of aromatic nitrogens is 2. The minimum atomic E-state index is -2.25. The van der Waals surface area contributed by atoms with Gasteiger partial charge >= 0.3 is 5.69 Å². The Bertz CT molecular complexity index is 1210. The number of nitrogen functional groups attached to an aromatic ring is 1. The second kappa shape index (κ2) is 11.7. The summed E-state index contributed by atoms with van der Waals surface area (Å²) in [5, 5.41) is 39.4. The van der Waals surface area contributed by atoms with Crippen molar-refractivity contribution in [3.63, 3.8) is 0 Å². The number of carbonyl (C=O) groups is 1. The number of rotatable bonds is 6. The largest absolute Gasteiger partial charge is 0.393 e. The van der Waals surface area contributed by atoms with Crippen LogP contribution in [0.2, 0.25) is 0 Å². The predicted octanol–water partition coefficient (Wildman–Crippen LogP) is -1.65. The average molecular weight is 589 g/mol. The van der Waals surface area contributed by atoms with Gasteiger partial charge in [-0.1, -0.05) is 6.58 Å². The summed E-state index contributed by atoms with van der Waals surface area (Å²) in [5.74, 6) is -4.25. The Kier molecular flexibility index (Phi) is 9.16. The number of aliphatic hydroxyl groups is 4. The van der Waals surface area contributed by atoms with E-state index in [1.54, 1.807) is 0 Å². The molecular formula is C21H25F6N5O8. The molecule has 1 aromatic rings. The maximum atomic E-state index is 14.0. The zero-order valence-corrected chi connectivity index (χ0v) is 20.3. The van der Waals surface area contributed by atoms with Gasteiger partial charge in [0.15, 0.2) is 47.6 Å². The van der Waals surface area contributed by atoms with E-state index in [2.05, 4.69) is 11.6 Å². The Morgan fingerprint density at radius 2 is 1.52 bits per heavy atom. The first-order valence-electron chi connectivity index (χ1n) is 11.3. The fourth-order valence-corrected chi connectivity index (χ4v) is 4.01. The Morgan fingerprint density at radius 1 is 1.02 bits per heavy atom. The molecule has 224 valence electrons. The molecule has 1 amide bonds. The van der Waals surface area contributed by atoms with Crippen molar-refractivity contribution in [2.75, 3.05) is 32.3 Å². The second-order valence-electron chi connectivity index (χ2n) is 8.96. The van der Waals surface area contributed by atoms with Gasteiger partial charge in [0, 0.05) is 6.20 Å². The summed E-state index contributed by atoms with van der Waals surface area (Å²) in [5.41, 5.74) is -0.392. The number of amides is 1. The molecule has 4 rings (SSSR count). The maximum Gasteiger partial charge on any atom is 0.351 e. The zero-order valence-electron chi connectivity index (χ0n) is 20.3. The number of carbonyl (C=O) groups excluding carboxylic acids is 1. The standard InChI is InChI=1S/C11H13F3N2O4.C10H12F3N3O4/c1-5-15-9(19)6(13)2-16(5)10-7(14)8(18)11(3-12,4-17)20-10;11-2-10(3-17)6(18)5(13)8(20-10)16-1-4(12)7(14)15-9(16)19/h2,7-8,10,17-18H,1,3-4H2,(H,15,19);1,5-6,8,17-18H,2-3H2,(H2,14,15,19)/t7-,8+,10-,11-;5-,6+,8-,10-/m11/s1. The Balaban J connectivity index is 0.000000220. The van der Waals surface area contributed by atoms with E-state index < -0.39 is 104 Å². The molecule has 0 spiro atoms. The highest BCUT2D eigenvalue weighted by Crippen LogP contribution is 2.39. The lowest BCUT2D eigenvalue weighted by Crippen LogP contribution is -2.47. The van der Waals surface area contributed by atoms with Gasteiger partial charge < -0.3 is 45.9 Å². The number of nitrogens with zero attached hydrogens (tertiary/aromatic N) is 3. The molecule has 8 atom stereocenters. The Labute approximate surface area is 220 Å². The monoisotopic (exact) mass is 589 g/mol. The molecule has 3 aliphatic heterocycles. The molecule has 7 N–H and O–H groups in total. The van der Waals surface area contributed by atoms with Crippen molar-refractivity contribution in [1.29, 1.82) is 0 Å². The van der Waals surface area contributed by atoms with E-state index in [9.17, 15) is 46.1 Å². The number of hydrogen-bond acceptors (Lipinski definition) is 11. The van der Waals surface area contributed by atoms with E-state index in [1.165, 1.54) is 0 Å². The summed E-state index contributed by atoms with van der Waals surface area (Å²) >= 11 is 0. The SMILES string of the molecule is C=C1NC(=O)C(F)=CN1[C@@H]1O[C@@](CO)(CF)[C@@H](O)[C@H]1F.Nc1nc(=O)n([C@@H]2O[C@@](CO)(CF)[C@@H](O)[C@H]2F)cc1F. The van der Waals surface area contributed by atoms with Crippen molar-refractivity contribution in [2.24, 2.45) is 0 Å². The van der Waals surface area contributed by atoms with Crippen LogP contribution in [0.1, 0.15) is 6.23 Å². The normalized spacial score (nSPS) is 35.8. The van der Waals surface area contributed by atoms with E-state index in [0.29, 0.717) is 17.0 Å². The van der Waals surface area contributed by atoms with Crippen molar-refractivity contribution in [2.45, 2.75) is 48.2 Å². The topological polar surface area (TPSA) is 193 Å². The molecule has 0 saturated carbocycles. The number of anilines is 1. The molecule has 0 bridgehead atoms. The molecule has 19 heteroatoms. The summed E-state index contributed by atoms with van der Waals surface area (Å²) in [6.07, 6.45) is -10.6. The van der Waals surface area contributed by atoms with Crippen molar-refractivity contribution >= 4 is 11.7 Å². The lowest BCUT2D eigenvalue weighted by molar-refractivity contribution is -0.145. The van der Waals surface area contributed by atoms with Crippen LogP contribution in [-0.4, -0.2) is 109 Å². The highest BCUT2D eigenvalue weighted by Gasteiger charge is 2.58.